The SMILES string of the molecule is O=C(Nc1ccncc1F)N1CCCCc2ccc(-c3cccc(Cl)c3)nc21. The van der Waals surface area contributed by atoms with Gasteiger partial charge in [0.1, 0.15) is 5.82 Å². The molecule has 0 fully saturated rings. The average molecular weight is 397 g/mol. The Bertz CT molecular complexity index is 1030. The van der Waals surface area contributed by atoms with Crippen molar-refractivity contribution in [1.82, 2.24) is 9.97 Å². The van der Waals surface area contributed by atoms with Crippen LogP contribution in [0.1, 0.15) is 18.4 Å². The fraction of sp³-hybridized carbons (Fsp3) is 0.190. The van der Waals surface area contributed by atoms with E-state index in [0.717, 1.165) is 42.3 Å². The van der Waals surface area contributed by atoms with Gasteiger partial charge in [0.15, 0.2) is 5.82 Å². The molecule has 0 aliphatic carbocycles. The van der Waals surface area contributed by atoms with Crippen LogP contribution in [0.5, 0.6) is 0 Å². The molecule has 1 aliphatic rings. The van der Waals surface area contributed by atoms with Crippen molar-refractivity contribution in [3.63, 3.8) is 0 Å². The molecular weight excluding hydrogens is 379 g/mol. The minimum absolute atomic E-state index is 0.0943. The molecule has 1 N–H and O–H groups in total. The molecule has 0 unspecified atom stereocenters. The van der Waals surface area contributed by atoms with Crippen LogP contribution < -0.4 is 10.2 Å². The molecule has 3 aromatic rings. The number of rotatable bonds is 2. The van der Waals surface area contributed by atoms with E-state index < -0.39 is 11.8 Å². The zero-order chi connectivity index (χ0) is 19.5. The van der Waals surface area contributed by atoms with Crippen molar-refractivity contribution >= 4 is 29.1 Å². The van der Waals surface area contributed by atoms with Crippen molar-refractivity contribution in [3.05, 3.63) is 71.3 Å². The third-order valence-electron chi connectivity index (χ3n) is 4.67. The number of urea groups is 1. The van der Waals surface area contributed by atoms with Gasteiger partial charge >= 0.3 is 6.03 Å². The highest BCUT2D eigenvalue weighted by atomic mass is 35.5. The zero-order valence-corrected chi connectivity index (χ0v) is 15.8. The number of fused-ring (bicyclic) bond motifs is 1. The summed E-state index contributed by atoms with van der Waals surface area (Å²) in [6, 6.07) is 12.4. The molecule has 1 aliphatic heterocycles. The van der Waals surface area contributed by atoms with Crippen LogP contribution >= 0.6 is 11.6 Å². The second kappa shape index (κ2) is 7.94. The molecule has 0 saturated heterocycles. The maximum atomic E-state index is 13.9. The van der Waals surface area contributed by atoms with Gasteiger partial charge in [-0.2, -0.15) is 0 Å². The monoisotopic (exact) mass is 396 g/mol. The van der Waals surface area contributed by atoms with Gasteiger partial charge in [-0.1, -0.05) is 29.8 Å². The number of amides is 2. The van der Waals surface area contributed by atoms with E-state index in [1.807, 2.05) is 30.3 Å². The lowest BCUT2D eigenvalue weighted by atomic mass is 10.1. The molecule has 28 heavy (non-hydrogen) atoms. The van der Waals surface area contributed by atoms with Crippen molar-refractivity contribution in [2.75, 3.05) is 16.8 Å². The second-order valence-corrected chi connectivity index (χ2v) is 7.02. The third-order valence-corrected chi connectivity index (χ3v) is 4.90. The number of hydrogen-bond acceptors (Lipinski definition) is 3. The lowest BCUT2D eigenvalue weighted by Crippen LogP contribution is -2.36. The van der Waals surface area contributed by atoms with E-state index in [-0.39, 0.29) is 5.69 Å². The Balaban J connectivity index is 1.69. The Kier molecular flexibility index (Phi) is 5.21. The number of pyridine rings is 2. The van der Waals surface area contributed by atoms with Crippen molar-refractivity contribution < 1.29 is 9.18 Å². The molecule has 0 bridgehead atoms. The van der Waals surface area contributed by atoms with Gasteiger partial charge in [0, 0.05) is 23.3 Å². The summed E-state index contributed by atoms with van der Waals surface area (Å²) in [5.74, 6) is 0.0217. The Morgan fingerprint density at radius 2 is 2.07 bits per heavy atom. The Labute approximate surface area is 167 Å². The number of carbonyl (C=O) groups is 1. The molecule has 5 nitrogen and oxygen atoms in total. The predicted octanol–water partition coefficient (Wildman–Crippen LogP) is 5.31. The highest BCUT2D eigenvalue weighted by Crippen LogP contribution is 2.30. The quantitative estimate of drug-likeness (QED) is 0.638. The van der Waals surface area contributed by atoms with Crippen LogP contribution in [-0.2, 0) is 6.42 Å². The van der Waals surface area contributed by atoms with E-state index in [1.54, 1.807) is 11.0 Å². The zero-order valence-electron chi connectivity index (χ0n) is 15.0. The van der Waals surface area contributed by atoms with Crippen LogP contribution in [0.4, 0.5) is 20.7 Å². The first-order valence-electron chi connectivity index (χ1n) is 9.06. The van der Waals surface area contributed by atoms with Gasteiger partial charge in [-0.3, -0.25) is 9.88 Å². The molecule has 3 heterocycles. The van der Waals surface area contributed by atoms with Crippen LogP contribution in [0.2, 0.25) is 5.02 Å². The molecule has 0 spiro atoms. The van der Waals surface area contributed by atoms with Crippen molar-refractivity contribution in [1.29, 1.82) is 0 Å². The molecule has 2 amide bonds. The summed E-state index contributed by atoms with van der Waals surface area (Å²) in [7, 11) is 0. The first kappa shape index (κ1) is 18.4. The maximum Gasteiger partial charge on any atom is 0.327 e. The van der Waals surface area contributed by atoms with Gasteiger partial charge in [0.2, 0.25) is 0 Å². The molecule has 2 aromatic heterocycles. The number of halogens is 2. The molecule has 7 heteroatoms. The number of nitrogens with one attached hydrogen (secondary N) is 1. The molecule has 0 saturated carbocycles. The highest BCUT2D eigenvalue weighted by molar-refractivity contribution is 6.30. The summed E-state index contributed by atoms with van der Waals surface area (Å²) in [5, 5.41) is 3.25. The lowest BCUT2D eigenvalue weighted by Gasteiger charge is -2.23. The van der Waals surface area contributed by atoms with E-state index >= 15 is 0 Å². The minimum Gasteiger partial charge on any atom is -0.305 e. The summed E-state index contributed by atoms with van der Waals surface area (Å²) >= 11 is 6.11. The molecule has 0 radical (unpaired) electrons. The second-order valence-electron chi connectivity index (χ2n) is 6.58. The van der Waals surface area contributed by atoms with Crippen LogP contribution in [0.15, 0.2) is 54.9 Å². The summed E-state index contributed by atoms with van der Waals surface area (Å²) in [5.41, 5.74) is 2.70. The standard InChI is InChI=1S/C21H18ClFN4O/c22-16-6-3-5-15(12-16)18-8-7-14-4-1-2-11-27(20(14)25-18)21(28)26-19-9-10-24-13-17(19)23/h3,5-10,12-13H,1-2,4,11H2,(H,24,26,28). The van der Waals surface area contributed by atoms with Gasteiger partial charge in [-0.15, -0.1) is 0 Å². The number of aromatic nitrogens is 2. The Hall–Kier alpha value is -2.99. The van der Waals surface area contributed by atoms with Crippen LogP contribution in [-0.4, -0.2) is 22.5 Å². The first-order valence-corrected chi connectivity index (χ1v) is 9.43. The molecule has 4 rings (SSSR count). The van der Waals surface area contributed by atoms with Crippen LogP contribution in [0, 0.1) is 5.82 Å². The van der Waals surface area contributed by atoms with E-state index in [4.69, 9.17) is 16.6 Å². The maximum absolute atomic E-state index is 13.9. The fourth-order valence-corrected chi connectivity index (χ4v) is 3.45. The topological polar surface area (TPSA) is 58.1 Å². The molecule has 0 atom stereocenters. The summed E-state index contributed by atoms with van der Waals surface area (Å²) in [6.07, 6.45) is 5.14. The number of anilines is 2. The predicted molar refractivity (Wildman–Crippen MR) is 108 cm³/mol. The molecule has 142 valence electrons. The summed E-state index contributed by atoms with van der Waals surface area (Å²) < 4.78 is 13.9. The van der Waals surface area contributed by atoms with E-state index in [1.165, 1.54) is 12.3 Å². The van der Waals surface area contributed by atoms with Gasteiger partial charge < -0.3 is 5.32 Å². The smallest absolute Gasteiger partial charge is 0.305 e. The Morgan fingerprint density at radius 3 is 2.89 bits per heavy atom. The fourth-order valence-electron chi connectivity index (χ4n) is 3.26. The van der Waals surface area contributed by atoms with Gasteiger partial charge in [-0.05, 0) is 49.1 Å². The van der Waals surface area contributed by atoms with Crippen LogP contribution in [0.3, 0.4) is 0 Å². The summed E-state index contributed by atoms with van der Waals surface area (Å²) in [6.45, 7) is 0.511. The highest BCUT2D eigenvalue weighted by Gasteiger charge is 2.24. The van der Waals surface area contributed by atoms with Crippen molar-refractivity contribution in [2.45, 2.75) is 19.3 Å². The van der Waals surface area contributed by atoms with E-state index in [2.05, 4.69) is 10.3 Å². The first-order chi connectivity index (χ1) is 13.6. The van der Waals surface area contributed by atoms with Gasteiger partial charge in [-0.25, -0.2) is 14.2 Å². The number of carbonyl (C=O) groups excluding carboxylic acids is 1. The molecule has 1 aromatic carbocycles. The normalized spacial score (nSPS) is 13.6. The van der Waals surface area contributed by atoms with Gasteiger partial charge in [0.05, 0.1) is 17.6 Å². The number of aryl methyl sites for hydroxylation is 1. The number of hydrogen-bond donors (Lipinski definition) is 1. The van der Waals surface area contributed by atoms with Crippen molar-refractivity contribution in [3.8, 4) is 11.3 Å². The Morgan fingerprint density at radius 1 is 1.18 bits per heavy atom. The van der Waals surface area contributed by atoms with Crippen LogP contribution in [0.25, 0.3) is 11.3 Å². The number of nitrogens with zero attached hydrogens (tertiary/aromatic N) is 3. The number of benzene rings is 1. The minimum atomic E-state index is -0.577. The molecular formula is C21H18ClFN4O. The average Bonchev–Trinajstić information content (AvgIpc) is 2.91. The van der Waals surface area contributed by atoms with Crippen molar-refractivity contribution in [2.24, 2.45) is 0 Å². The van der Waals surface area contributed by atoms with Gasteiger partial charge in [0.25, 0.3) is 0 Å². The van der Waals surface area contributed by atoms with E-state index in [9.17, 15) is 9.18 Å². The lowest BCUT2D eigenvalue weighted by molar-refractivity contribution is 0.256. The summed E-state index contributed by atoms with van der Waals surface area (Å²) in [4.78, 5) is 22.9. The largest absolute Gasteiger partial charge is 0.327 e. The third kappa shape index (κ3) is 3.82. The van der Waals surface area contributed by atoms with E-state index in [0.29, 0.717) is 17.4 Å².